The fourth-order valence-corrected chi connectivity index (χ4v) is 1.69. The second-order valence-electron chi connectivity index (χ2n) is 3.95. The van der Waals surface area contributed by atoms with E-state index in [4.69, 9.17) is 4.74 Å². The third kappa shape index (κ3) is 3.06. The predicted molar refractivity (Wildman–Crippen MR) is 66.5 cm³/mol. The number of carbonyl (C=O) groups is 1. The van der Waals surface area contributed by atoms with E-state index in [9.17, 15) is 4.79 Å². The molecule has 1 aromatic heterocycles. The molecule has 0 aliphatic heterocycles. The lowest BCUT2D eigenvalue weighted by Crippen LogP contribution is -2.28. The Morgan fingerprint density at radius 3 is 2.82 bits per heavy atom. The lowest BCUT2D eigenvalue weighted by Gasteiger charge is -2.12. The Hall–Kier alpha value is -1.36. The summed E-state index contributed by atoms with van der Waals surface area (Å²) < 4.78 is 6.86. The van der Waals surface area contributed by atoms with Crippen molar-refractivity contribution in [1.82, 2.24) is 15.1 Å². The van der Waals surface area contributed by atoms with E-state index in [1.165, 1.54) is 0 Å². The van der Waals surface area contributed by atoms with Gasteiger partial charge in [0.25, 0.3) is 0 Å². The third-order valence-electron chi connectivity index (χ3n) is 2.71. The zero-order chi connectivity index (χ0) is 12.8. The van der Waals surface area contributed by atoms with Gasteiger partial charge in [0.05, 0.1) is 13.3 Å². The molecular weight excluding hydrogens is 218 g/mol. The Balaban J connectivity index is 2.89. The molecule has 17 heavy (non-hydrogen) atoms. The Kier molecular flexibility index (Phi) is 5.15. The van der Waals surface area contributed by atoms with Crippen LogP contribution in [-0.2, 0) is 6.54 Å². The van der Waals surface area contributed by atoms with Gasteiger partial charge in [-0.1, -0.05) is 13.8 Å². The molecule has 0 saturated heterocycles. The van der Waals surface area contributed by atoms with Crippen molar-refractivity contribution >= 4 is 5.78 Å². The van der Waals surface area contributed by atoms with Crippen LogP contribution in [0.25, 0.3) is 0 Å². The molecule has 0 aliphatic rings. The van der Waals surface area contributed by atoms with Crippen LogP contribution in [-0.4, -0.2) is 35.8 Å². The second-order valence-corrected chi connectivity index (χ2v) is 3.95. The highest BCUT2D eigenvalue weighted by Crippen LogP contribution is 2.20. The lowest BCUT2D eigenvalue weighted by atomic mass is 10.0. The van der Waals surface area contributed by atoms with Crippen LogP contribution in [0.3, 0.4) is 0 Å². The first kappa shape index (κ1) is 13.7. The summed E-state index contributed by atoms with van der Waals surface area (Å²) in [6, 6.07) is 0. The maximum absolute atomic E-state index is 12.3. The van der Waals surface area contributed by atoms with E-state index in [1.807, 2.05) is 20.8 Å². The monoisotopic (exact) mass is 239 g/mol. The largest absolute Gasteiger partial charge is 0.493 e. The Morgan fingerprint density at radius 2 is 2.29 bits per heavy atom. The number of hydrogen-bond donors (Lipinski definition) is 1. The van der Waals surface area contributed by atoms with Gasteiger partial charge in [-0.05, 0) is 13.5 Å². The van der Waals surface area contributed by atoms with Gasteiger partial charge in [-0.2, -0.15) is 5.10 Å². The minimum absolute atomic E-state index is 0.0714. The van der Waals surface area contributed by atoms with E-state index in [1.54, 1.807) is 18.0 Å². The highest BCUT2D eigenvalue weighted by Gasteiger charge is 2.23. The fourth-order valence-electron chi connectivity index (χ4n) is 1.69. The van der Waals surface area contributed by atoms with Gasteiger partial charge in [0.15, 0.2) is 11.5 Å². The normalized spacial score (nSPS) is 12.5. The third-order valence-corrected chi connectivity index (χ3v) is 2.71. The first-order valence-corrected chi connectivity index (χ1v) is 6.00. The summed E-state index contributed by atoms with van der Waals surface area (Å²) in [5.41, 5.74) is 0.570. The second kappa shape index (κ2) is 6.39. The average molecular weight is 239 g/mol. The van der Waals surface area contributed by atoms with Gasteiger partial charge < -0.3 is 10.1 Å². The molecule has 0 amide bonds. The van der Waals surface area contributed by atoms with E-state index in [0.717, 1.165) is 6.54 Å². The SMILES string of the molecule is CCNCC(C)C(=O)c1c(OC)cnn1CC. The van der Waals surface area contributed by atoms with E-state index in [0.29, 0.717) is 24.5 Å². The molecule has 0 aliphatic carbocycles. The zero-order valence-corrected chi connectivity index (χ0v) is 11.0. The van der Waals surface area contributed by atoms with Crippen molar-refractivity contribution in [2.45, 2.75) is 27.3 Å². The summed E-state index contributed by atoms with van der Waals surface area (Å²) in [5, 5.41) is 7.31. The number of aromatic nitrogens is 2. The molecule has 1 unspecified atom stereocenters. The number of hydrogen-bond acceptors (Lipinski definition) is 4. The summed E-state index contributed by atoms with van der Waals surface area (Å²) in [6.07, 6.45) is 1.59. The highest BCUT2D eigenvalue weighted by molar-refractivity contribution is 5.98. The number of methoxy groups -OCH3 is 1. The van der Waals surface area contributed by atoms with E-state index in [-0.39, 0.29) is 11.7 Å². The van der Waals surface area contributed by atoms with Gasteiger partial charge in [0, 0.05) is 19.0 Å². The Morgan fingerprint density at radius 1 is 1.59 bits per heavy atom. The molecule has 0 spiro atoms. The molecule has 5 nitrogen and oxygen atoms in total. The molecule has 0 saturated carbocycles. The summed E-state index contributed by atoms with van der Waals surface area (Å²) >= 11 is 0. The van der Waals surface area contributed by atoms with E-state index < -0.39 is 0 Å². The van der Waals surface area contributed by atoms with Gasteiger partial charge in [-0.3, -0.25) is 9.48 Å². The van der Waals surface area contributed by atoms with Crippen LogP contribution in [0.4, 0.5) is 0 Å². The van der Waals surface area contributed by atoms with Crippen molar-refractivity contribution < 1.29 is 9.53 Å². The molecule has 0 radical (unpaired) electrons. The summed E-state index contributed by atoms with van der Waals surface area (Å²) in [5.74, 6) is 0.549. The van der Waals surface area contributed by atoms with Crippen molar-refractivity contribution in [3.63, 3.8) is 0 Å². The maximum Gasteiger partial charge on any atom is 0.188 e. The van der Waals surface area contributed by atoms with Gasteiger partial charge in [0.2, 0.25) is 0 Å². The van der Waals surface area contributed by atoms with Crippen LogP contribution < -0.4 is 10.1 Å². The number of ketones is 1. The quantitative estimate of drug-likeness (QED) is 0.730. The molecule has 0 aromatic carbocycles. The van der Waals surface area contributed by atoms with Gasteiger partial charge in [0.1, 0.15) is 5.69 Å². The predicted octanol–water partition coefficient (Wildman–Crippen LogP) is 1.34. The van der Waals surface area contributed by atoms with Crippen molar-refractivity contribution in [3.05, 3.63) is 11.9 Å². The number of nitrogens with one attached hydrogen (secondary N) is 1. The van der Waals surface area contributed by atoms with Crippen molar-refractivity contribution in [2.75, 3.05) is 20.2 Å². The van der Waals surface area contributed by atoms with Crippen LogP contribution >= 0.6 is 0 Å². The summed E-state index contributed by atoms with van der Waals surface area (Å²) in [4.78, 5) is 12.3. The van der Waals surface area contributed by atoms with Crippen LogP contribution in [0.1, 0.15) is 31.3 Å². The number of Topliss-reactive ketones (excluding diaryl/α,β-unsaturated/α-hetero) is 1. The minimum atomic E-state index is -0.0779. The standard InChI is InChI=1S/C12H21N3O2/c1-5-13-7-9(3)12(16)11-10(17-4)8-14-15(11)6-2/h8-9,13H,5-7H2,1-4H3. The van der Waals surface area contributed by atoms with E-state index in [2.05, 4.69) is 10.4 Å². The fraction of sp³-hybridized carbons (Fsp3) is 0.667. The lowest BCUT2D eigenvalue weighted by molar-refractivity contribution is 0.0915. The van der Waals surface area contributed by atoms with Gasteiger partial charge in [-0.25, -0.2) is 0 Å². The van der Waals surface area contributed by atoms with Crippen LogP contribution in [0.5, 0.6) is 5.75 Å². The van der Waals surface area contributed by atoms with Crippen molar-refractivity contribution in [2.24, 2.45) is 5.92 Å². The Labute approximate surface area is 102 Å². The first-order chi connectivity index (χ1) is 8.15. The number of aryl methyl sites for hydroxylation is 1. The number of ether oxygens (including phenoxy) is 1. The molecule has 1 aromatic rings. The smallest absolute Gasteiger partial charge is 0.188 e. The molecule has 0 fully saturated rings. The highest BCUT2D eigenvalue weighted by atomic mass is 16.5. The van der Waals surface area contributed by atoms with Crippen LogP contribution in [0.15, 0.2) is 6.20 Å². The average Bonchev–Trinajstić information content (AvgIpc) is 2.77. The number of nitrogens with zero attached hydrogens (tertiary/aromatic N) is 2. The molecule has 1 rings (SSSR count). The maximum atomic E-state index is 12.3. The molecule has 96 valence electrons. The molecular formula is C12H21N3O2. The van der Waals surface area contributed by atoms with E-state index >= 15 is 0 Å². The first-order valence-electron chi connectivity index (χ1n) is 6.00. The van der Waals surface area contributed by atoms with Crippen LogP contribution in [0.2, 0.25) is 0 Å². The molecule has 1 atom stereocenters. The molecule has 5 heteroatoms. The molecule has 1 heterocycles. The van der Waals surface area contributed by atoms with Crippen LogP contribution in [0, 0.1) is 5.92 Å². The summed E-state index contributed by atoms with van der Waals surface area (Å²) in [7, 11) is 1.56. The van der Waals surface area contributed by atoms with Gasteiger partial charge in [-0.15, -0.1) is 0 Å². The molecule has 0 bridgehead atoms. The molecule has 1 N–H and O–H groups in total. The Bertz CT molecular complexity index is 352. The zero-order valence-electron chi connectivity index (χ0n) is 11.0. The topological polar surface area (TPSA) is 56.1 Å². The summed E-state index contributed by atoms with van der Waals surface area (Å²) in [6.45, 7) is 8.09. The van der Waals surface area contributed by atoms with Crippen molar-refractivity contribution in [3.8, 4) is 5.75 Å². The van der Waals surface area contributed by atoms with Gasteiger partial charge >= 0.3 is 0 Å². The van der Waals surface area contributed by atoms with Crippen molar-refractivity contribution in [1.29, 1.82) is 0 Å². The number of rotatable bonds is 7. The minimum Gasteiger partial charge on any atom is -0.493 e. The number of carbonyl (C=O) groups excluding carboxylic acids is 1.